The molecule has 3 aliphatic heterocycles. The lowest BCUT2D eigenvalue weighted by atomic mass is 9.78. The molecule has 340 valence electrons. The molecule has 0 spiro atoms. The average Bonchev–Trinajstić information content (AvgIpc) is 3.19. The maximum absolute atomic E-state index is 14.3. The smallest absolute Gasteiger partial charge is 0.308 e. The van der Waals surface area contributed by atoms with Crippen LogP contribution in [0.2, 0.25) is 0 Å². The third-order valence-corrected chi connectivity index (χ3v) is 14.0. The van der Waals surface area contributed by atoms with Gasteiger partial charge in [-0.1, -0.05) is 85.3 Å². The summed E-state index contributed by atoms with van der Waals surface area (Å²) in [5.41, 5.74) is 0.883. The van der Waals surface area contributed by atoms with E-state index >= 15 is 0 Å². The highest BCUT2D eigenvalue weighted by molar-refractivity contribution is 5.91. The molecule has 11 heteroatoms. The molecule has 0 aromatic carbocycles. The predicted molar refractivity (Wildman–Crippen MR) is 232 cm³/mol. The Balaban J connectivity index is 2.11. The lowest BCUT2D eigenvalue weighted by molar-refractivity contribution is -0.280. The van der Waals surface area contributed by atoms with Crippen LogP contribution < -0.4 is 0 Å². The number of hydrogen-bond donors (Lipinski definition) is 0. The Morgan fingerprint density at radius 1 is 0.831 bits per heavy atom. The van der Waals surface area contributed by atoms with Crippen LogP contribution in [0.3, 0.4) is 0 Å². The summed E-state index contributed by atoms with van der Waals surface area (Å²) in [5.74, 6) is -0.212. The number of methoxy groups -OCH3 is 2. The molecule has 11 nitrogen and oxygen atoms in total. The van der Waals surface area contributed by atoms with Crippen LogP contribution in [-0.4, -0.2) is 114 Å². The van der Waals surface area contributed by atoms with Crippen molar-refractivity contribution >= 4 is 11.8 Å². The number of cyclic esters (lactones) is 1. The number of ether oxygens (including phenoxy) is 8. The Morgan fingerprint density at radius 3 is 2.08 bits per heavy atom. The van der Waals surface area contributed by atoms with Crippen molar-refractivity contribution in [2.75, 3.05) is 41.5 Å². The second-order valence-corrected chi connectivity index (χ2v) is 18.4. The molecule has 0 unspecified atom stereocenters. The molecule has 0 bridgehead atoms. The molecule has 3 rings (SSSR count). The average molecular weight is 834 g/mol. The van der Waals surface area contributed by atoms with Crippen molar-refractivity contribution in [1.82, 2.24) is 4.90 Å². The van der Waals surface area contributed by atoms with Gasteiger partial charge in [0.15, 0.2) is 24.7 Å². The summed E-state index contributed by atoms with van der Waals surface area (Å²) in [7, 11) is 7.45. The summed E-state index contributed by atoms with van der Waals surface area (Å²) in [5, 5.41) is 0. The lowest BCUT2D eigenvalue weighted by Crippen LogP contribution is -2.56. The first kappa shape index (κ1) is 51.4. The van der Waals surface area contributed by atoms with Crippen LogP contribution in [-0.2, 0) is 47.5 Å². The van der Waals surface area contributed by atoms with Crippen molar-refractivity contribution in [1.29, 1.82) is 0 Å². The molecule has 3 aliphatic rings. The Kier molecular flexibility index (Phi) is 21.4. The van der Waals surface area contributed by atoms with E-state index in [0.29, 0.717) is 44.3 Å². The number of rotatable bonds is 14. The number of esters is 1. The van der Waals surface area contributed by atoms with Gasteiger partial charge in [-0.3, -0.25) is 9.59 Å². The van der Waals surface area contributed by atoms with Crippen LogP contribution >= 0.6 is 0 Å². The molecule has 0 aliphatic carbocycles. The van der Waals surface area contributed by atoms with Crippen molar-refractivity contribution in [3.05, 3.63) is 36.0 Å². The minimum absolute atomic E-state index is 0.00890. The predicted octanol–water partition coefficient (Wildman–Crippen LogP) is 8.65. The first-order valence-electron chi connectivity index (χ1n) is 22.5. The highest BCUT2D eigenvalue weighted by Crippen LogP contribution is 2.40. The van der Waals surface area contributed by atoms with Gasteiger partial charge in [0.1, 0.15) is 6.10 Å². The Hall–Kier alpha value is -1.96. The number of hydrogen-bond acceptors (Lipinski definition) is 11. The second kappa shape index (κ2) is 24.6. The Bertz CT molecular complexity index is 1360. The van der Waals surface area contributed by atoms with Gasteiger partial charge >= 0.3 is 5.97 Å². The second-order valence-electron chi connectivity index (χ2n) is 18.4. The molecule has 3 heterocycles. The summed E-state index contributed by atoms with van der Waals surface area (Å²) in [6, 6.07) is 0.208. The van der Waals surface area contributed by atoms with Crippen LogP contribution in [0.5, 0.6) is 0 Å². The van der Waals surface area contributed by atoms with Gasteiger partial charge in [0.05, 0.1) is 44.1 Å². The van der Waals surface area contributed by atoms with E-state index in [0.717, 1.165) is 5.57 Å². The van der Waals surface area contributed by atoms with Crippen LogP contribution in [0.1, 0.15) is 109 Å². The molecule has 0 N–H and O–H groups in total. The van der Waals surface area contributed by atoms with E-state index < -0.39 is 30.9 Å². The van der Waals surface area contributed by atoms with Crippen LogP contribution in [0.25, 0.3) is 0 Å². The number of carbonyl (C=O) groups excluding carboxylic acids is 2. The zero-order chi connectivity index (χ0) is 44.1. The minimum atomic E-state index is -0.584. The van der Waals surface area contributed by atoms with Gasteiger partial charge in [0, 0.05) is 56.3 Å². The highest BCUT2D eigenvalue weighted by atomic mass is 16.7. The standard InChI is InChI=1S/C48H83NO10/c1-17-19-22-54-42-26-43(51)58-41(18-2)39(27-55-47-32(7)30(5)31(6)36(11)56-47)23-28(3)20-21-40(50)29(4)24-38(25-44(52-15)53-16)46(34(42)9)59-48-35(10)45(49(13)14)33(8)37(12)57-48/h17,19-21,23,29-39,41-42,44-48H,18,22,24-27H2,1-16H3/b19-17+,21-20+,28-23+/t29-,30-,31+,32-,33-,34+,35-,36-,37-,38-,39-,41-,42-,45+,46-,47-,48+/m1/s1. The summed E-state index contributed by atoms with van der Waals surface area (Å²) in [6.45, 7) is 25.9. The molecule has 0 amide bonds. The largest absolute Gasteiger partial charge is 0.462 e. The summed E-state index contributed by atoms with van der Waals surface area (Å²) >= 11 is 0. The first-order chi connectivity index (χ1) is 27.9. The summed E-state index contributed by atoms with van der Waals surface area (Å²) < 4.78 is 51.3. The molecule has 0 radical (unpaired) electrons. The van der Waals surface area contributed by atoms with E-state index in [1.807, 2.05) is 45.9 Å². The molecular formula is C48H83NO10. The van der Waals surface area contributed by atoms with Gasteiger partial charge in [-0.05, 0) is 84.4 Å². The van der Waals surface area contributed by atoms with Gasteiger partial charge in [-0.15, -0.1) is 0 Å². The van der Waals surface area contributed by atoms with E-state index in [1.165, 1.54) is 0 Å². The maximum Gasteiger partial charge on any atom is 0.308 e. The van der Waals surface area contributed by atoms with Gasteiger partial charge in [0.25, 0.3) is 0 Å². The molecule has 2 fully saturated rings. The fourth-order valence-electron chi connectivity index (χ4n) is 9.55. The van der Waals surface area contributed by atoms with E-state index in [1.54, 1.807) is 20.3 Å². The summed E-state index contributed by atoms with van der Waals surface area (Å²) in [6.07, 6.45) is 7.96. The number of carbonyl (C=O) groups is 2. The number of nitrogens with zero attached hydrogens (tertiary/aromatic N) is 1. The first-order valence-corrected chi connectivity index (χ1v) is 22.5. The topological polar surface area (TPSA) is 111 Å². The lowest BCUT2D eigenvalue weighted by Gasteiger charge is -2.48. The van der Waals surface area contributed by atoms with Crippen molar-refractivity contribution in [3.8, 4) is 0 Å². The fraction of sp³-hybridized carbons (Fsp3) is 0.833. The fourth-order valence-corrected chi connectivity index (χ4v) is 9.55. The van der Waals surface area contributed by atoms with Crippen molar-refractivity contribution in [3.63, 3.8) is 0 Å². The quantitative estimate of drug-likeness (QED) is 0.0953. The molecule has 17 atom stereocenters. The molecule has 2 saturated heterocycles. The number of ketones is 1. The minimum Gasteiger partial charge on any atom is -0.462 e. The Morgan fingerprint density at radius 2 is 1.47 bits per heavy atom. The van der Waals surface area contributed by atoms with Crippen LogP contribution in [0, 0.1) is 53.3 Å². The molecular weight excluding hydrogens is 751 g/mol. The Labute approximate surface area is 358 Å². The van der Waals surface area contributed by atoms with E-state index in [4.69, 9.17) is 37.9 Å². The monoisotopic (exact) mass is 834 g/mol. The van der Waals surface area contributed by atoms with Gasteiger partial charge < -0.3 is 42.8 Å². The van der Waals surface area contributed by atoms with Gasteiger partial charge in [-0.25, -0.2) is 0 Å². The summed E-state index contributed by atoms with van der Waals surface area (Å²) in [4.78, 5) is 30.5. The van der Waals surface area contributed by atoms with Crippen LogP contribution in [0.15, 0.2) is 36.0 Å². The highest BCUT2D eigenvalue weighted by Gasteiger charge is 2.46. The third kappa shape index (κ3) is 14.3. The number of allylic oxidation sites excluding steroid dienone is 4. The normalized spacial score (nSPS) is 41.3. The van der Waals surface area contributed by atoms with E-state index in [2.05, 4.69) is 80.5 Å². The van der Waals surface area contributed by atoms with Gasteiger partial charge in [-0.2, -0.15) is 0 Å². The van der Waals surface area contributed by atoms with E-state index in [-0.39, 0.29) is 84.1 Å². The maximum atomic E-state index is 14.3. The van der Waals surface area contributed by atoms with Gasteiger partial charge in [0.2, 0.25) is 0 Å². The van der Waals surface area contributed by atoms with Crippen molar-refractivity contribution in [2.24, 2.45) is 53.3 Å². The zero-order valence-corrected chi connectivity index (χ0v) is 39.6. The third-order valence-electron chi connectivity index (χ3n) is 14.0. The van der Waals surface area contributed by atoms with Crippen molar-refractivity contribution in [2.45, 2.75) is 164 Å². The van der Waals surface area contributed by atoms with Crippen molar-refractivity contribution < 1.29 is 47.5 Å². The molecule has 0 aromatic heterocycles. The zero-order valence-electron chi connectivity index (χ0n) is 39.6. The SMILES string of the molecule is C/C=C/CO[C@@H]1CC(=O)O[C@H](CC)[C@@H](CO[C@@H]2O[C@H](C)[C@@H](C)[C@@H](C)[C@H]2C)/C=C(C)/C=C/C(=O)[C@H](C)C[C@H](CC(OC)OC)[C@H](O[C@@H]2O[C@H](C)[C@@H](C)[C@H](N(C)C)[C@H]2C)[C@H]1C. The van der Waals surface area contributed by atoms with E-state index in [9.17, 15) is 9.59 Å². The molecule has 0 saturated carbocycles. The van der Waals surface area contributed by atoms with Crippen LogP contribution in [0.4, 0.5) is 0 Å². The molecule has 59 heavy (non-hydrogen) atoms. The molecule has 0 aromatic rings.